The normalized spacial score (nSPS) is 18.4. The van der Waals surface area contributed by atoms with Gasteiger partial charge in [-0.2, -0.15) is 0 Å². The number of nitro groups is 1. The fourth-order valence-electron chi connectivity index (χ4n) is 4.89. The number of aromatic nitrogens is 2. The fraction of sp³-hybridized carbons (Fsp3) is 0.480. The SMILES string of the molecule is COc1ccc2nc(CN3CCC(Cc4ccc([N+](=O)[O-])c(C5SCCCS5)c4)CC3)[nH]c2c1. The standard InChI is InChI=1S/C25H30N4O3S2/c1-32-19-4-5-21-22(15-19)27-24(26-21)16-28-9-7-17(8-10-28)13-18-3-6-23(29(30)31)20(14-18)25-33-11-2-12-34-25/h3-6,14-15,17,25H,2,7-13,16H2,1H3,(H,26,27). The number of nitro benzene ring substituents is 1. The summed E-state index contributed by atoms with van der Waals surface area (Å²) in [7, 11) is 1.67. The first-order valence-corrected chi connectivity index (χ1v) is 13.9. The van der Waals surface area contributed by atoms with Crippen LogP contribution in [0, 0.1) is 16.0 Å². The number of nitrogens with one attached hydrogen (secondary N) is 1. The summed E-state index contributed by atoms with van der Waals surface area (Å²) in [6.45, 7) is 2.90. The lowest BCUT2D eigenvalue weighted by Crippen LogP contribution is -2.34. The van der Waals surface area contributed by atoms with Gasteiger partial charge in [0.05, 0.1) is 39.8 Å². The Bertz CT molecular complexity index is 1150. The van der Waals surface area contributed by atoms with Crippen LogP contribution in [0.15, 0.2) is 36.4 Å². The molecular weight excluding hydrogens is 468 g/mol. The maximum absolute atomic E-state index is 11.6. The van der Waals surface area contributed by atoms with E-state index >= 15 is 0 Å². The molecule has 0 amide bonds. The molecule has 2 fully saturated rings. The van der Waals surface area contributed by atoms with Crippen LogP contribution in [-0.2, 0) is 13.0 Å². The lowest BCUT2D eigenvalue weighted by atomic mass is 9.89. The molecule has 3 heterocycles. The summed E-state index contributed by atoms with van der Waals surface area (Å²) in [4.78, 5) is 22.0. The molecule has 2 aromatic carbocycles. The quantitative estimate of drug-likeness (QED) is 0.325. The van der Waals surface area contributed by atoms with E-state index in [1.54, 1.807) is 13.2 Å². The van der Waals surface area contributed by atoms with E-state index in [0.717, 1.165) is 78.6 Å². The number of methoxy groups -OCH3 is 1. The number of ether oxygens (including phenoxy) is 1. The molecule has 34 heavy (non-hydrogen) atoms. The van der Waals surface area contributed by atoms with Crippen LogP contribution in [0.25, 0.3) is 11.0 Å². The summed E-state index contributed by atoms with van der Waals surface area (Å²) in [5, 5.41) is 11.6. The number of benzene rings is 2. The number of nitrogens with zero attached hydrogens (tertiary/aromatic N) is 3. The van der Waals surface area contributed by atoms with Crippen molar-refractivity contribution in [1.29, 1.82) is 0 Å². The molecule has 1 N–H and O–H groups in total. The van der Waals surface area contributed by atoms with Crippen LogP contribution in [0.3, 0.4) is 0 Å². The molecule has 5 rings (SSSR count). The summed E-state index contributed by atoms with van der Waals surface area (Å²) in [6, 6.07) is 11.7. The topological polar surface area (TPSA) is 84.3 Å². The predicted octanol–water partition coefficient (Wildman–Crippen LogP) is 5.80. The van der Waals surface area contributed by atoms with Crippen molar-refractivity contribution < 1.29 is 9.66 Å². The highest BCUT2D eigenvalue weighted by Gasteiger charge is 2.27. The molecule has 0 aliphatic carbocycles. The van der Waals surface area contributed by atoms with Crippen molar-refractivity contribution in [3.8, 4) is 5.75 Å². The second kappa shape index (κ2) is 10.6. The predicted molar refractivity (Wildman–Crippen MR) is 140 cm³/mol. The molecule has 9 heteroatoms. The van der Waals surface area contributed by atoms with Crippen LogP contribution in [0.4, 0.5) is 5.69 Å². The zero-order valence-electron chi connectivity index (χ0n) is 19.4. The Kier molecular flexibility index (Phi) is 7.32. The van der Waals surface area contributed by atoms with E-state index in [1.807, 2.05) is 47.8 Å². The number of imidazole rings is 1. The number of thioether (sulfide) groups is 2. The third-order valence-electron chi connectivity index (χ3n) is 6.71. The first kappa shape index (κ1) is 23.5. The van der Waals surface area contributed by atoms with E-state index in [-0.39, 0.29) is 15.2 Å². The molecule has 3 aromatic rings. The highest BCUT2D eigenvalue weighted by atomic mass is 32.2. The molecule has 2 aliphatic rings. The van der Waals surface area contributed by atoms with E-state index in [1.165, 1.54) is 12.0 Å². The Morgan fingerprint density at radius 2 is 1.97 bits per heavy atom. The zero-order valence-corrected chi connectivity index (χ0v) is 21.0. The van der Waals surface area contributed by atoms with Crippen LogP contribution in [0.1, 0.15) is 40.8 Å². The van der Waals surface area contributed by atoms with Gasteiger partial charge < -0.3 is 9.72 Å². The number of piperidine rings is 1. The minimum Gasteiger partial charge on any atom is -0.497 e. The third kappa shape index (κ3) is 5.37. The number of fused-ring (bicyclic) bond motifs is 1. The summed E-state index contributed by atoms with van der Waals surface area (Å²) in [5.74, 6) is 4.59. The minimum absolute atomic E-state index is 0.180. The molecule has 0 saturated carbocycles. The number of hydrogen-bond acceptors (Lipinski definition) is 7. The van der Waals surface area contributed by atoms with Gasteiger partial charge in [-0.15, -0.1) is 23.5 Å². The summed E-state index contributed by atoms with van der Waals surface area (Å²) in [5.41, 5.74) is 4.38. The molecule has 0 unspecified atom stereocenters. The average molecular weight is 499 g/mol. The van der Waals surface area contributed by atoms with Crippen LogP contribution in [0.2, 0.25) is 0 Å². The van der Waals surface area contributed by atoms with Gasteiger partial charge in [0, 0.05) is 12.1 Å². The maximum atomic E-state index is 11.6. The number of H-pyrrole nitrogens is 1. The number of hydrogen-bond donors (Lipinski definition) is 1. The first-order chi connectivity index (χ1) is 16.6. The lowest BCUT2D eigenvalue weighted by Gasteiger charge is -2.31. The highest BCUT2D eigenvalue weighted by molar-refractivity contribution is 8.16. The highest BCUT2D eigenvalue weighted by Crippen LogP contribution is 2.47. The monoisotopic (exact) mass is 498 g/mol. The van der Waals surface area contributed by atoms with Gasteiger partial charge in [-0.05, 0) is 80.0 Å². The molecule has 2 aliphatic heterocycles. The molecule has 1 aromatic heterocycles. The van der Waals surface area contributed by atoms with E-state index in [9.17, 15) is 10.1 Å². The van der Waals surface area contributed by atoms with Crippen LogP contribution >= 0.6 is 23.5 Å². The van der Waals surface area contributed by atoms with Crippen molar-refractivity contribution in [2.24, 2.45) is 5.92 Å². The second-order valence-electron chi connectivity index (χ2n) is 9.07. The van der Waals surface area contributed by atoms with Crippen molar-refractivity contribution >= 4 is 40.2 Å². The van der Waals surface area contributed by atoms with Crippen LogP contribution < -0.4 is 4.74 Å². The van der Waals surface area contributed by atoms with Gasteiger partial charge in [0.1, 0.15) is 11.6 Å². The Morgan fingerprint density at radius 1 is 1.18 bits per heavy atom. The summed E-state index contributed by atoms with van der Waals surface area (Å²) in [6.07, 6.45) is 4.44. The van der Waals surface area contributed by atoms with Gasteiger partial charge >= 0.3 is 0 Å². The van der Waals surface area contributed by atoms with Crippen molar-refractivity contribution in [2.45, 2.75) is 36.8 Å². The largest absolute Gasteiger partial charge is 0.497 e. The lowest BCUT2D eigenvalue weighted by molar-refractivity contribution is -0.385. The smallest absolute Gasteiger partial charge is 0.274 e. The Labute approximate surface area is 208 Å². The van der Waals surface area contributed by atoms with Crippen molar-refractivity contribution in [3.63, 3.8) is 0 Å². The molecule has 0 bridgehead atoms. The molecule has 180 valence electrons. The third-order valence-corrected chi connectivity index (χ3v) is 9.69. The first-order valence-electron chi connectivity index (χ1n) is 11.8. The van der Waals surface area contributed by atoms with E-state index in [0.29, 0.717) is 5.92 Å². The van der Waals surface area contributed by atoms with Crippen molar-refractivity contribution in [3.05, 3.63) is 63.5 Å². The minimum atomic E-state index is -0.221. The van der Waals surface area contributed by atoms with Gasteiger partial charge in [0.25, 0.3) is 5.69 Å². The molecule has 0 spiro atoms. The maximum Gasteiger partial charge on any atom is 0.274 e. The van der Waals surface area contributed by atoms with Gasteiger partial charge in [0.2, 0.25) is 0 Å². The van der Waals surface area contributed by atoms with E-state index < -0.39 is 0 Å². The fourth-order valence-corrected chi connectivity index (χ4v) is 7.82. The zero-order chi connectivity index (χ0) is 23.5. The molecule has 0 radical (unpaired) electrons. The molecule has 2 saturated heterocycles. The number of rotatable bonds is 7. The number of likely N-dealkylation sites (tertiary alicyclic amines) is 1. The molecular formula is C25H30N4O3S2. The second-order valence-corrected chi connectivity index (χ2v) is 11.8. The summed E-state index contributed by atoms with van der Waals surface area (Å²) < 4.78 is 5.49. The molecule has 7 nitrogen and oxygen atoms in total. The van der Waals surface area contributed by atoms with E-state index in [4.69, 9.17) is 9.72 Å². The van der Waals surface area contributed by atoms with Crippen LogP contribution in [-0.4, -0.2) is 51.5 Å². The van der Waals surface area contributed by atoms with Crippen LogP contribution in [0.5, 0.6) is 5.75 Å². The van der Waals surface area contributed by atoms with Crippen molar-refractivity contribution in [1.82, 2.24) is 14.9 Å². The average Bonchev–Trinajstić information content (AvgIpc) is 3.27. The van der Waals surface area contributed by atoms with Gasteiger partial charge in [-0.1, -0.05) is 6.07 Å². The Morgan fingerprint density at radius 3 is 2.71 bits per heavy atom. The molecule has 0 atom stereocenters. The van der Waals surface area contributed by atoms with Gasteiger partial charge in [-0.3, -0.25) is 15.0 Å². The van der Waals surface area contributed by atoms with E-state index in [2.05, 4.69) is 16.0 Å². The summed E-state index contributed by atoms with van der Waals surface area (Å²) >= 11 is 3.69. The Hall–Kier alpha value is -2.23. The van der Waals surface area contributed by atoms with Crippen molar-refractivity contribution in [2.75, 3.05) is 31.7 Å². The number of aromatic amines is 1. The Balaban J connectivity index is 1.19. The van der Waals surface area contributed by atoms with Gasteiger partial charge in [0.15, 0.2) is 0 Å². The van der Waals surface area contributed by atoms with Gasteiger partial charge in [-0.25, -0.2) is 4.98 Å².